The first-order valence-electron chi connectivity index (χ1n) is 10.1. The van der Waals surface area contributed by atoms with Crippen molar-refractivity contribution in [1.82, 2.24) is 14.7 Å². The van der Waals surface area contributed by atoms with E-state index in [0.717, 1.165) is 12.8 Å². The zero-order valence-corrected chi connectivity index (χ0v) is 17.2. The lowest BCUT2D eigenvalue weighted by Crippen LogP contribution is -2.56. The molecule has 0 aromatic rings. The van der Waals surface area contributed by atoms with E-state index < -0.39 is 24.1 Å². The largest absolute Gasteiger partial charge is 0.467 e. The Balaban J connectivity index is 1.70. The number of carbonyl (C=O) groups is 4. The summed E-state index contributed by atoms with van der Waals surface area (Å²) in [5, 5.41) is -0.321. The Hall–Kier alpha value is -1.77. The maximum absolute atomic E-state index is 13.3. The lowest BCUT2D eigenvalue weighted by atomic mass is 10.1. The van der Waals surface area contributed by atoms with Crippen LogP contribution >= 0.6 is 11.8 Å². The highest BCUT2D eigenvalue weighted by atomic mass is 32.2. The van der Waals surface area contributed by atoms with E-state index >= 15 is 0 Å². The van der Waals surface area contributed by atoms with Gasteiger partial charge in [0.1, 0.15) is 18.1 Å². The SMILES string of the molecule is COC(=O)[C@@H]1C[C@H]2CN1C(=O)[C@@H]1CCCN1C(=O)[C@@H]1CCCN1C(=O)[C@H](C)S2. The third-order valence-corrected chi connectivity index (χ3v) is 7.74. The van der Waals surface area contributed by atoms with Crippen LogP contribution < -0.4 is 0 Å². The summed E-state index contributed by atoms with van der Waals surface area (Å²) < 4.78 is 4.93. The van der Waals surface area contributed by atoms with Crippen molar-refractivity contribution >= 4 is 35.5 Å². The number of rotatable bonds is 1. The van der Waals surface area contributed by atoms with Crippen molar-refractivity contribution in [3.8, 4) is 0 Å². The standard InChI is InChI=1S/C19H27N3O5S/c1-11-16(23)20-7-3-5-13(20)17(24)21-8-4-6-14(21)18(25)22-10-12(28-11)9-15(22)19(26)27-2/h11-15H,3-10H2,1-2H3/t11-,12-,13-,14-,15-/m0/s1. The molecule has 0 spiro atoms. The van der Waals surface area contributed by atoms with Crippen LogP contribution in [0.1, 0.15) is 39.0 Å². The quantitative estimate of drug-likeness (QED) is 0.577. The zero-order chi connectivity index (χ0) is 20.0. The second kappa shape index (κ2) is 7.57. The highest BCUT2D eigenvalue weighted by Crippen LogP contribution is 2.36. The molecular formula is C19H27N3O5S. The van der Waals surface area contributed by atoms with Crippen molar-refractivity contribution in [1.29, 1.82) is 0 Å². The smallest absolute Gasteiger partial charge is 0.328 e. The number of amides is 3. The summed E-state index contributed by atoms with van der Waals surface area (Å²) in [6.45, 7) is 3.38. The molecule has 4 heterocycles. The van der Waals surface area contributed by atoms with Gasteiger partial charge in [0.15, 0.2) is 0 Å². The molecule has 0 aromatic carbocycles. The topological polar surface area (TPSA) is 87.2 Å². The molecule has 4 rings (SSSR count). The highest BCUT2D eigenvalue weighted by molar-refractivity contribution is 8.01. The molecule has 0 unspecified atom stereocenters. The summed E-state index contributed by atoms with van der Waals surface area (Å²) in [4.78, 5) is 56.9. The van der Waals surface area contributed by atoms with Gasteiger partial charge in [-0.2, -0.15) is 0 Å². The molecule has 0 saturated carbocycles. The number of methoxy groups -OCH3 is 1. The molecule has 4 saturated heterocycles. The summed E-state index contributed by atoms with van der Waals surface area (Å²) in [7, 11) is 1.33. The van der Waals surface area contributed by atoms with E-state index in [4.69, 9.17) is 4.74 Å². The molecule has 4 fully saturated rings. The molecular weight excluding hydrogens is 382 g/mol. The minimum Gasteiger partial charge on any atom is -0.467 e. The Labute approximate surface area is 168 Å². The Kier molecular flexibility index (Phi) is 5.28. The van der Waals surface area contributed by atoms with Gasteiger partial charge in [-0.05, 0) is 39.0 Å². The number of ether oxygens (including phenoxy) is 1. The van der Waals surface area contributed by atoms with Crippen LogP contribution in [-0.2, 0) is 23.9 Å². The Morgan fingerprint density at radius 3 is 2.14 bits per heavy atom. The van der Waals surface area contributed by atoms with Crippen LogP contribution in [0, 0.1) is 0 Å². The maximum atomic E-state index is 13.3. The fourth-order valence-electron chi connectivity index (χ4n) is 5.04. The summed E-state index contributed by atoms with van der Waals surface area (Å²) in [5.41, 5.74) is 0. The molecule has 28 heavy (non-hydrogen) atoms. The second-order valence-corrected chi connectivity index (χ2v) is 9.69. The molecule has 0 aliphatic carbocycles. The third-order valence-electron chi connectivity index (χ3n) is 6.41. The summed E-state index contributed by atoms with van der Waals surface area (Å²) in [6.07, 6.45) is 3.30. The number of fused-ring (bicyclic) bond motifs is 4. The van der Waals surface area contributed by atoms with Crippen molar-refractivity contribution < 1.29 is 23.9 Å². The van der Waals surface area contributed by atoms with Crippen molar-refractivity contribution in [3.05, 3.63) is 0 Å². The van der Waals surface area contributed by atoms with Crippen LogP contribution in [0.4, 0.5) is 0 Å². The van der Waals surface area contributed by atoms with Crippen LogP contribution in [0.25, 0.3) is 0 Å². The first kappa shape index (κ1) is 19.5. The average Bonchev–Trinajstić information content (AvgIpc) is 3.43. The molecule has 0 radical (unpaired) electrons. The third kappa shape index (κ3) is 3.17. The number of thioether (sulfide) groups is 1. The highest BCUT2D eigenvalue weighted by Gasteiger charge is 2.49. The Bertz CT molecular complexity index is 701. The molecule has 4 aliphatic rings. The number of nitrogens with zero attached hydrogens (tertiary/aromatic N) is 3. The van der Waals surface area contributed by atoms with Gasteiger partial charge in [0.2, 0.25) is 17.7 Å². The fourth-order valence-corrected chi connectivity index (χ4v) is 6.41. The van der Waals surface area contributed by atoms with E-state index in [-0.39, 0.29) is 28.2 Å². The predicted molar refractivity (Wildman–Crippen MR) is 102 cm³/mol. The van der Waals surface area contributed by atoms with Crippen LogP contribution in [0.5, 0.6) is 0 Å². The van der Waals surface area contributed by atoms with Crippen molar-refractivity contribution in [3.63, 3.8) is 0 Å². The van der Waals surface area contributed by atoms with Crippen molar-refractivity contribution in [2.75, 3.05) is 26.7 Å². The van der Waals surface area contributed by atoms with Gasteiger partial charge in [-0.25, -0.2) is 4.79 Å². The van der Waals surface area contributed by atoms with Crippen LogP contribution in [0.3, 0.4) is 0 Å². The van der Waals surface area contributed by atoms with Gasteiger partial charge in [0, 0.05) is 24.9 Å². The minimum atomic E-state index is -0.643. The normalized spacial score (nSPS) is 36.1. The lowest BCUT2D eigenvalue weighted by Gasteiger charge is -2.35. The zero-order valence-electron chi connectivity index (χ0n) is 16.3. The molecule has 0 N–H and O–H groups in total. The lowest BCUT2D eigenvalue weighted by molar-refractivity contribution is -0.155. The van der Waals surface area contributed by atoms with Gasteiger partial charge in [0.25, 0.3) is 0 Å². The molecule has 8 nitrogen and oxygen atoms in total. The van der Waals surface area contributed by atoms with Crippen LogP contribution in [-0.4, -0.2) is 93.8 Å². The van der Waals surface area contributed by atoms with Crippen LogP contribution in [0.15, 0.2) is 0 Å². The van der Waals surface area contributed by atoms with Gasteiger partial charge in [-0.3, -0.25) is 14.4 Å². The van der Waals surface area contributed by atoms with Gasteiger partial charge >= 0.3 is 5.97 Å². The van der Waals surface area contributed by atoms with Crippen LogP contribution in [0.2, 0.25) is 0 Å². The first-order valence-corrected chi connectivity index (χ1v) is 11.0. The van der Waals surface area contributed by atoms with E-state index in [1.54, 1.807) is 14.7 Å². The van der Waals surface area contributed by atoms with E-state index in [2.05, 4.69) is 0 Å². The maximum Gasteiger partial charge on any atom is 0.328 e. The number of hydrogen-bond donors (Lipinski definition) is 0. The monoisotopic (exact) mass is 409 g/mol. The average molecular weight is 410 g/mol. The van der Waals surface area contributed by atoms with Crippen molar-refractivity contribution in [2.45, 2.75) is 67.7 Å². The molecule has 9 heteroatoms. The van der Waals surface area contributed by atoms with Gasteiger partial charge in [-0.1, -0.05) is 0 Å². The summed E-state index contributed by atoms with van der Waals surface area (Å²) in [5.74, 6) is -0.725. The van der Waals surface area contributed by atoms with Gasteiger partial charge in [0.05, 0.1) is 12.4 Å². The second-order valence-electron chi connectivity index (χ2n) is 8.04. The summed E-state index contributed by atoms with van der Waals surface area (Å²) in [6, 6.07) is -1.65. The van der Waals surface area contributed by atoms with Gasteiger partial charge < -0.3 is 19.4 Å². The predicted octanol–water partition coefficient (Wildman–Crippen LogP) is 0.246. The number of esters is 1. The molecule has 154 valence electrons. The molecule has 0 aromatic heterocycles. The molecule has 2 bridgehead atoms. The molecule has 3 amide bonds. The van der Waals surface area contributed by atoms with Gasteiger partial charge in [-0.15, -0.1) is 11.8 Å². The number of carbonyl (C=O) groups excluding carboxylic acids is 4. The van der Waals surface area contributed by atoms with E-state index in [9.17, 15) is 19.2 Å². The summed E-state index contributed by atoms with van der Waals surface area (Å²) >= 11 is 1.50. The Morgan fingerprint density at radius 2 is 1.54 bits per heavy atom. The molecule has 5 atom stereocenters. The minimum absolute atomic E-state index is 0.00182. The molecule has 4 aliphatic heterocycles. The van der Waals surface area contributed by atoms with Crippen molar-refractivity contribution in [2.24, 2.45) is 0 Å². The van der Waals surface area contributed by atoms with E-state index in [1.165, 1.54) is 18.9 Å². The van der Waals surface area contributed by atoms with E-state index in [1.807, 2.05) is 6.92 Å². The Morgan fingerprint density at radius 1 is 0.964 bits per heavy atom. The fraction of sp³-hybridized carbons (Fsp3) is 0.789. The number of hydrogen-bond acceptors (Lipinski definition) is 6. The van der Waals surface area contributed by atoms with E-state index in [0.29, 0.717) is 38.9 Å². The first-order chi connectivity index (χ1) is 13.4.